The molecule has 1 aliphatic heterocycles. The van der Waals surface area contributed by atoms with Crippen molar-refractivity contribution < 1.29 is 22.8 Å². The van der Waals surface area contributed by atoms with E-state index >= 15 is 0 Å². The molecule has 0 bridgehead atoms. The number of hydrogen-bond donors (Lipinski definition) is 1. The van der Waals surface area contributed by atoms with Crippen molar-refractivity contribution in [3.05, 3.63) is 42.1 Å². The molecule has 1 aliphatic rings. The van der Waals surface area contributed by atoms with Gasteiger partial charge in [-0.15, -0.1) is 0 Å². The lowest BCUT2D eigenvalue weighted by Crippen LogP contribution is -2.36. The highest BCUT2D eigenvalue weighted by Crippen LogP contribution is 2.21. The molecule has 1 aromatic carbocycles. The van der Waals surface area contributed by atoms with Gasteiger partial charge in [-0.2, -0.15) is 13.2 Å². The van der Waals surface area contributed by atoms with Crippen LogP contribution in [0.2, 0.25) is 0 Å². The van der Waals surface area contributed by atoms with Crippen LogP contribution in [-0.2, 0) is 16.0 Å². The van der Waals surface area contributed by atoms with E-state index in [4.69, 9.17) is 0 Å². The third-order valence-electron chi connectivity index (χ3n) is 3.92. The number of carbonyl (C=O) groups is 2. The Bertz CT molecular complexity index is 624. The molecule has 0 aliphatic carbocycles. The van der Waals surface area contributed by atoms with Crippen molar-refractivity contribution in [1.29, 1.82) is 0 Å². The number of rotatable bonds is 5. The highest BCUT2D eigenvalue weighted by molar-refractivity contribution is 5.96. The van der Waals surface area contributed by atoms with Crippen LogP contribution < -0.4 is 5.32 Å². The molecular formula is C17H19F3N2O2. The van der Waals surface area contributed by atoms with Crippen LogP contribution in [0.15, 0.2) is 36.5 Å². The Morgan fingerprint density at radius 2 is 1.96 bits per heavy atom. The first kappa shape index (κ1) is 18.0. The van der Waals surface area contributed by atoms with Crippen LogP contribution in [0.5, 0.6) is 0 Å². The molecule has 1 fully saturated rings. The summed E-state index contributed by atoms with van der Waals surface area (Å²) in [6.45, 7) is 2.47. The van der Waals surface area contributed by atoms with Gasteiger partial charge in [0.1, 0.15) is 6.04 Å². The number of carbonyl (C=O) groups excluding carboxylic acids is 2. The summed E-state index contributed by atoms with van der Waals surface area (Å²) >= 11 is 0. The molecule has 24 heavy (non-hydrogen) atoms. The van der Waals surface area contributed by atoms with E-state index in [0.29, 0.717) is 31.1 Å². The van der Waals surface area contributed by atoms with Gasteiger partial charge in [0.2, 0.25) is 5.91 Å². The summed E-state index contributed by atoms with van der Waals surface area (Å²) < 4.78 is 36.7. The molecule has 1 saturated heterocycles. The van der Waals surface area contributed by atoms with Crippen LogP contribution in [-0.4, -0.2) is 35.4 Å². The fraction of sp³-hybridized carbons (Fsp3) is 0.412. The molecule has 1 heterocycles. The minimum atomic E-state index is -4.89. The minimum Gasteiger partial charge on any atom is -0.365 e. The van der Waals surface area contributed by atoms with Crippen molar-refractivity contribution in [2.45, 2.75) is 38.4 Å². The number of benzene rings is 1. The molecule has 1 amide bonds. The predicted octanol–water partition coefficient (Wildman–Crippen LogP) is 3.30. The maximum Gasteiger partial charge on any atom is 0.454 e. The molecule has 0 unspecified atom stereocenters. The van der Waals surface area contributed by atoms with E-state index in [1.807, 2.05) is 19.1 Å². The number of ketones is 1. The normalized spacial score (nSPS) is 18.2. The summed E-state index contributed by atoms with van der Waals surface area (Å²) in [7, 11) is 0. The number of allylic oxidation sites excluding steroid dienone is 1. The molecule has 1 aromatic rings. The Morgan fingerprint density at radius 3 is 2.54 bits per heavy atom. The number of halogens is 3. The first-order valence-electron chi connectivity index (χ1n) is 7.76. The average Bonchev–Trinajstić information content (AvgIpc) is 3.01. The van der Waals surface area contributed by atoms with Crippen LogP contribution >= 0.6 is 0 Å². The zero-order valence-electron chi connectivity index (χ0n) is 13.3. The first-order chi connectivity index (χ1) is 11.3. The fourth-order valence-electron chi connectivity index (χ4n) is 2.56. The van der Waals surface area contributed by atoms with Gasteiger partial charge >= 0.3 is 6.18 Å². The van der Waals surface area contributed by atoms with Crippen molar-refractivity contribution in [1.82, 2.24) is 4.90 Å². The van der Waals surface area contributed by atoms with Crippen LogP contribution in [0.4, 0.5) is 18.9 Å². The monoisotopic (exact) mass is 340 g/mol. The third-order valence-corrected chi connectivity index (χ3v) is 3.92. The van der Waals surface area contributed by atoms with Crippen molar-refractivity contribution in [3.8, 4) is 0 Å². The van der Waals surface area contributed by atoms with E-state index in [0.717, 1.165) is 18.2 Å². The predicted molar refractivity (Wildman–Crippen MR) is 84.4 cm³/mol. The van der Waals surface area contributed by atoms with E-state index in [9.17, 15) is 22.8 Å². The second kappa shape index (κ2) is 7.51. The maximum absolute atomic E-state index is 12.3. The van der Waals surface area contributed by atoms with Crippen LogP contribution in [0.3, 0.4) is 0 Å². The quantitative estimate of drug-likeness (QED) is 0.837. The van der Waals surface area contributed by atoms with E-state index in [2.05, 4.69) is 5.32 Å². The van der Waals surface area contributed by atoms with Crippen LogP contribution in [0.1, 0.15) is 25.3 Å². The third kappa shape index (κ3) is 4.59. The van der Waals surface area contributed by atoms with Gasteiger partial charge < -0.3 is 10.2 Å². The zero-order valence-corrected chi connectivity index (χ0v) is 13.3. The molecule has 2 rings (SSSR count). The standard InChI is InChI=1S/C17H19F3N2O2/c1-2-12-5-7-13(8-6-12)21-16(24)14-4-3-10-22(14)11-9-15(23)17(18,19)20/h5-9,11,14H,2-4,10H2,1H3,(H,21,24)/b11-9+/t14-/m1/s1. The summed E-state index contributed by atoms with van der Waals surface area (Å²) in [6, 6.07) is 6.82. The van der Waals surface area contributed by atoms with Crippen LogP contribution in [0, 0.1) is 0 Å². The number of aryl methyl sites for hydroxylation is 1. The topological polar surface area (TPSA) is 49.4 Å². The largest absolute Gasteiger partial charge is 0.454 e. The molecule has 1 atom stereocenters. The minimum absolute atomic E-state index is 0.291. The van der Waals surface area contributed by atoms with Crippen molar-refractivity contribution in [2.75, 3.05) is 11.9 Å². The number of amides is 1. The Balaban J connectivity index is 1.99. The molecule has 0 saturated carbocycles. The van der Waals surface area contributed by atoms with E-state index in [1.54, 1.807) is 12.1 Å². The number of likely N-dealkylation sites (tertiary alicyclic amines) is 1. The van der Waals surface area contributed by atoms with Gasteiger partial charge in [0.15, 0.2) is 0 Å². The number of nitrogens with zero attached hydrogens (tertiary/aromatic N) is 1. The van der Waals surface area contributed by atoms with Gasteiger partial charge in [0, 0.05) is 24.5 Å². The maximum atomic E-state index is 12.3. The molecular weight excluding hydrogens is 321 g/mol. The SMILES string of the molecule is CCc1ccc(NC(=O)[C@H]2CCCN2/C=C/C(=O)C(F)(F)F)cc1. The molecule has 1 N–H and O–H groups in total. The van der Waals surface area contributed by atoms with Crippen molar-refractivity contribution in [3.63, 3.8) is 0 Å². The van der Waals surface area contributed by atoms with Crippen molar-refractivity contribution in [2.24, 2.45) is 0 Å². The average molecular weight is 340 g/mol. The van der Waals surface area contributed by atoms with E-state index in [-0.39, 0.29) is 5.91 Å². The van der Waals surface area contributed by atoms with Gasteiger partial charge in [0.25, 0.3) is 5.78 Å². The molecule has 4 nitrogen and oxygen atoms in total. The first-order valence-corrected chi connectivity index (χ1v) is 7.76. The zero-order chi connectivity index (χ0) is 17.7. The Kier molecular flexibility index (Phi) is 5.64. The molecule has 130 valence electrons. The molecule has 7 heteroatoms. The number of nitrogens with one attached hydrogen (secondary N) is 1. The highest BCUT2D eigenvalue weighted by atomic mass is 19.4. The smallest absolute Gasteiger partial charge is 0.365 e. The lowest BCUT2D eigenvalue weighted by molar-refractivity contribution is -0.165. The van der Waals surface area contributed by atoms with Gasteiger partial charge in [-0.1, -0.05) is 19.1 Å². The molecule has 0 radical (unpaired) electrons. The lowest BCUT2D eigenvalue weighted by Gasteiger charge is -2.22. The Morgan fingerprint density at radius 1 is 1.29 bits per heavy atom. The summed E-state index contributed by atoms with van der Waals surface area (Å²) in [5, 5.41) is 2.76. The molecule has 0 spiro atoms. The number of alkyl halides is 3. The van der Waals surface area contributed by atoms with E-state index < -0.39 is 18.0 Å². The highest BCUT2D eigenvalue weighted by Gasteiger charge is 2.37. The fourth-order valence-corrected chi connectivity index (χ4v) is 2.56. The summed E-state index contributed by atoms with van der Waals surface area (Å²) in [5.74, 6) is -2.22. The molecule has 0 aromatic heterocycles. The number of hydrogen-bond acceptors (Lipinski definition) is 3. The van der Waals surface area contributed by atoms with Gasteiger partial charge in [-0.3, -0.25) is 9.59 Å². The van der Waals surface area contributed by atoms with Crippen molar-refractivity contribution >= 4 is 17.4 Å². The van der Waals surface area contributed by atoms with Gasteiger partial charge in [-0.25, -0.2) is 0 Å². The second-order valence-corrected chi connectivity index (χ2v) is 5.61. The van der Waals surface area contributed by atoms with Crippen LogP contribution in [0.25, 0.3) is 0 Å². The summed E-state index contributed by atoms with van der Waals surface area (Å²) in [4.78, 5) is 24.7. The Hall–Kier alpha value is -2.31. The lowest BCUT2D eigenvalue weighted by atomic mass is 10.1. The Labute approximate surface area is 138 Å². The summed E-state index contributed by atoms with van der Waals surface area (Å²) in [6.07, 6.45) is -1.26. The van der Waals surface area contributed by atoms with E-state index in [1.165, 1.54) is 4.90 Å². The second-order valence-electron chi connectivity index (χ2n) is 5.61. The summed E-state index contributed by atoms with van der Waals surface area (Å²) in [5.41, 5.74) is 1.78. The van der Waals surface area contributed by atoms with Gasteiger partial charge in [0.05, 0.1) is 0 Å². The van der Waals surface area contributed by atoms with Gasteiger partial charge in [-0.05, 0) is 37.0 Å². The number of anilines is 1.